The molecule has 0 aromatic heterocycles. The fourth-order valence-electron chi connectivity index (χ4n) is 1.66. The maximum Gasteiger partial charge on any atom is 0.318 e. The van der Waals surface area contributed by atoms with Crippen molar-refractivity contribution < 1.29 is 23.4 Å². The smallest absolute Gasteiger partial charge is 0.318 e. The summed E-state index contributed by atoms with van der Waals surface area (Å²) in [5, 5.41) is 18.2. The van der Waals surface area contributed by atoms with Crippen molar-refractivity contribution >= 4 is 15.8 Å². The van der Waals surface area contributed by atoms with Crippen molar-refractivity contribution in [3.8, 4) is 5.75 Å². The maximum absolute atomic E-state index is 11.3. The summed E-state index contributed by atoms with van der Waals surface area (Å²) in [4.78, 5) is 10.3. The number of aliphatic carboxylic acids is 1. The van der Waals surface area contributed by atoms with Gasteiger partial charge in [-0.15, -0.1) is 0 Å². The van der Waals surface area contributed by atoms with E-state index in [1.165, 1.54) is 0 Å². The second-order valence-corrected chi connectivity index (χ2v) is 6.36. The summed E-state index contributed by atoms with van der Waals surface area (Å²) in [5.74, 6) is -2.19. The van der Waals surface area contributed by atoms with E-state index in [2.05, 4.69) is 0 Å². The van der Waals surface area contributed by atoms with Gasteiger partial charge in [0.15, 0.2) is 9.84 Å². The van der Waals surface area contributed by atoms with Gasteiger partial charge >= 0.3 is 5.97 Å². The fourth-order valence-corrected chi connectivity index (χ4v) is 2.77. The number of aryl methyl sites for hydroxylation is 2. The van der Waals surface area contributed by atoms with Gasteiger partial charge in [0.05, 0.1) is 5.75 Å². The number of hydrogen-bond acceptors (Lipinski definition) is 4. The molecule has 5 nitrogen and oxygen atoms in total. The Morgan fingerprint density at radius 1 is 1.33 bits per heavy atom. The first-order chi connectivity index (χ1) is 8.32. The van der Waals surface area contributed by atoms with E-state index < -0.39 is 21.6 Å². The summed E-state index contributed by atoms with van der Waals surface area (Å²) in [6.07, 6.45) is 0.707. The summed E-state index contributed by atoms with van der Waals surface area (Å²) in [6.45, 7) is 1.76. The van der Waals surface area contributed by atoms with E-state index in [1.807, 2.05) is 0 Å². The first-order valence-corrected chi connectivity index (χ1v) is 7.33. The molecule has 0 radical (unpaired) electrons. The summed E-state index contributed by atoms with van der Waals surface area (Å²) >= 11 is 0. The van der Waals surface area contributed by atoms with E-state index in [9.17, 15) is 18.3 Å². The summed E-state index contributed by atoms with van der Waals surface area (Å²) in [7, 11) is -3.56. The summed E-state index contributed by atoms with van der Waals surface area (Å²) in [6, 6.07) is 5.28. The number of rotatable bonds is 6. The predicted octanol–water partition coefficient (Wildman–Crippen LogP) is 1.13. The minimum atomic E-state index is -3.56. The zero-order valence-corrected chi connectivity index (χ0v) is 10.9. The highest BCUT2D eigenvalue weighted by atomic mass is 32.2. The van der Waals surface area contributed by atoms with Crippen molar-refractivity contribution in [1.82, 2.24) is 0 Å². The van der Waals surface area contributed by atoms with Crippen LogP contribution in [0.5, 0.6) is 5.75 Å². The quantitative estimate of drug-likeness (QED) is 0.810. The van der Waals surface area contributed by atoms with Crippen LogP contribution in [0.2, 0.25) is 0 Å². The maximum atomic E-state index is 11.3. The van der Waals surface area contributed by atoms with Crippen LogP contribution in [-0.4, -0.2) is 36.1 Å². The number of aromatic hydroxyl groups is 1. The van der Waals surface area contributed by atoms with E-state index in [0.29, 0.717) is 18.4 Å². The molecule has 0 amide bonds. The molecule has 0 spiro atoms. The summed E-state index contributed by atoms with van der Waals surface area (Å²) < 4.78 is 22.7. The van der Waals surface area contributed by atoms with Gasteiger partial charge in [-0.05, 0) is 30.9 Å². The van der Waals surface area contributed by atoms with Crippen LogP contribution in [0, 0.1) is 6.92 Å². The number of sulfone groups is 1. The monoisotopic (exact) mass is 272 g/mol. The minimum absolute atomic E-state index is 0.174. The van der Waals surface area contributed by atoms with Gasteiger partial charge in [0.1, 0.15) is 11.5 Å². The Morgan fingerprint density at radius 2 is 2.00 bits per heavy atom. The van der Waals surface area contributed by atoms with E-state index in [0.717, 1.165) is 5.56 Å². The third kappa shape index (κ3) is 4.37. The first-order valence-electron chi connectivity index (χ1n) is 5.51. The highest BCUT2D eigenvalue weighted by Crippen LogP contribution is 2.22. The Morgan fingerprint density at radius 3 is 2.61 bits per heavy atom. The molecule has 6 heteroatoms. The SMILES string of the molecule is Cc1cccc(CCCS(=O)(=O)CC(=O)O)c1O. The highest BCUT2D eigenvalue weighted by molar-refractivity contribution is 7.92. The van der Waals surface area contributed by atoms with Gasteiger partial charge in [0, 0.05) is 0 Å². The molecule has 0 fully saturated rings. The number of carboxylic acids is 1. The van der Waals surface area contributed by atoms with Crippen molar-refractivity contribution in [3.63, 3.8) is 0 Å². The van der Waals surface area contributed by atoms with Crippen LogP contribution >= 0.6 is 0 Å². The Kier molecular flexibility index (Phi) is 4.72. The van der Waals surface area contributed by atoms with Gasteiger partial charge in [0.2, 0.25) is 0 Å². The molecule has 2 N–H and O–H groups in total. The van der Waals surface area contributed by atoms with Gasteiger partial charge in [-0.2, -0.15) is 0 Å². The lowest BCUT2D eigenvalue weighted by Crippen LogP contribution is -2.18. The van der Waals surface area contributed by atoms with Crippen LogP contribution in [-0.2, 0) is 21.1 Å². The average Bonchev–Trinajstić information content (AvgIpc) is 2.22. The van der Waals surface area contributed by atoms with Crippen LogP contribution in [0.3, 0.4) is 0 Å². The van der Waals surface area contributed by atoms with Gasteiger partial charge in [-0.1, -0.05) is 18.2 Å². The lowest BCUT2D eigenvalue weighted by molar-refractivity contribution is -0.134. The lowest BCUT2D eigenvalue weighted by atomic mass is 10.1. The first kappa shape index (κ1) is 14.5. The molecule has 0 aliphatic carbocycles. The van der Waals surface area contributed by atoms with Crippen molar-refractivity contribution in [3.05, 3.63) is 29.3 Å². The molecule has 0 heterocycles. The van der Waals surface area contributed by atoms with E-state index >= 15 is 0 Å². The molecular formula is C12H16O5S. The molecule has 0 atom stereocenters. The third-order valence-electron chi connectivity index (χ3n) is 2.57. The Labute approximate surface area is 106 Å². The van der Waals surface area contributed by atoms with Crippen LogP contribution in [0.4, 0.5) is 0 Å². The lowest BCUT2D eigenvalue weighted by Gasteiger charge is -2.06. The van der Waals surface area contributed by atoms with E-state index in [-0.39, 0.29) is 11.5 Å². The zero-order chi connectivity index (χ0) is 13.8. The average molecular weight is 272 g/mol. The van der Waals surface area contributed by atoms with Crippen LogP contribution in [0.1, 0.15) is 17.5 Å². The van der Waals surface area contributed by atoms with Gasteiger partial charge in [0.25, 0.3) is 0 Å². The van der Waals surface area contributed by atoms with Crippen molar-refractivity contribution in [2.75, 3.05) is 11.5 Å². The zero-order valence-electron chi connectivity index (χ0n) is 10.1. The van der Waals surface area contributed by atoms with Crippen LogP contribution in [0.25, 0.3) is 0 Å². The molecule has 1 rings (SSSR count). The standard InChI is InChI=1S/C12H16O5S/c1-9-4-2-5-10(12(9)15)6-3-7-18(16,17)8-11(13)14/h2,4-5,15H,3,6-8H2,1H3,(H,13,14). The number of carbonyl (C=O) groups is 1. The van der Waals surface area contributed by atoms with Gasteiger partial charge < -0.3 is 10.2 Å². The molecule has 0 aliphatic rings. The topological polar surface area (TPSA) is 91.7 Å². The van der Waals surface area contributed by atoms with E-state index in [1.54, 1.807) is 25.1 Å². The van der Waals surface area contributed by atoms with E-state index in [4.69, 9.17) is 5.11 Å². The number of hydrogen-bond donors (Lipinski definition) is 2. The predicted molar refractivity (Wildman–Crippen MR) is 67.5 cm³/mol. The molecule has 100 valence electrons. The molecular weight excluding hydrogens is 256 g/mol. The number of benzene rings is 1. The Balaban J connectivity index is 2.57. The fraction of sp³-hybridized carbons (Fsp3) is 0.417. The molecule has 1 aromatic rings. The van der Waals surface area contributed by atoms with Crippen molar-refractivity contribution in [2.45, 2.75) is 19.8 Å². The molecule has 18 heavy (non-hydrogen) atoms. The number of carboxylic acid groups (broad SMARTS) is 1. The van der Waals surface area contributed by atoms with Gasteiger partial charge in [-0.25, -0.2) is 8.42 Å². The number of para-hydroxylation sites is 1. The molecule has 0 saturated heterocycles. The largest absolute Gasteiger partial charge is 0.507 e. The van der Waals surface area contributed by atoms with Crippen molar-refractivity contribution in [2.24, 2.45) is 0 Å². The Bertz CT molecular complexity index is 533. The van der Waals surface area contributed by atoms with Crippen LogP contribution < -0.4 is 0 Å². The molecule has 0 saturated carbocycles. The van der Waals surface area contributed by atoms with Gasteiger partial charge in [-0.3, -0.25) is 4.79 Å². The van der Waals surface area contributed by atoms with Crippen molar-refractivity contribution in [1.29, 1.82) is 0 Å². The molecule has 0 aliphatic heterocycles. The highest BCUT2D eigenvalue weighted by Gasteiger charge is 2.15. The Hall–Kier alpha value is -1.56. The minimum Gasteiger partial charge on any atom is -0.507 e. The number of phenols is 1. The molecule has 0 unspecified atom stereocenters. The normalized spacial score (nSPS) is 11.4. The summed E-state index contributed by atoms with van der Waals surface area (Å²) in [5.41, 5.74) is 1.42. The second-order valence-electron chi connectivity index (χ2n) is 4.17. The number of phenolic OH excluding ortho intramolecular Hbond substituents is 1. The molecule has 0 bridgehead atoms. The second kappa shape index (κ2) is 5.86. The third-order valence-corrected chi connectivity index (χ3v) is 4.16. The van der Waals surface area contributed by atoms with Crippen LogP contribution in [0.15, 0.2) is 18.2 Å². The molecule has 1 aromatic carbocycles.